The minimum absolute atomic E-state index is 0.358. The Morgan fingerprint density at radius 1 is 1.15 bits per heavy atom. The standard InChI is InChI=1S/C17H16O3/c1-11-4-5-13(10-15(11)17(18)19)12-6-7-16-14(9-12)3-2-8-20-16/h4-7,9-10H,2-3,8H2,1H3,(H,18,19). The van der Waals surface area contributed by atoms with Gasteiger partial charge >= 0.3 is 5.97 Å². The van der Waals surface area contributed by atoms with Crippen molar-refractivity contribution in [1.82, 2.24) is 0 Å². The Bertz CT molecular complexity index is 674. The molecular formula is C17H16O3. The third-order valence-electron chi connectivity index (χ3n) is 3.71. The Hall–Kier alpha value is -2.29. The van der Waals surface area contributed by atoms with Gasteiger partial charge in [0, 0.05) is 0 Å². The maximum Gasteiger partial charge on any atom is 0.335 e. The molecule has 0 bridgehead atoms. The van der Waals surface area contributed by atoms with Gasteiger partial charge in [0.15, 0.2) is 0 Å². The highest BCUT2D eigenvalue weighted by Gasteiger charge is 2.13. The third-order valence-corrected chi connectivity index (χ3v) is 3.71. The summed E-state index contributed by atoms with van der Waals surface area (Å²) >= 11 is 0. The highest BCUT2D eigenvalue weighted by molar-refractivity contribution is 5.91. The van der Waals surface area contributed by atoms with Gasteiger partial charge in [0.05, 0.1) is 12.2 Å². The van der Waals surface area contributed by atoms with Gasteiger partial charge in [0.1, 0.15) is 5.75 Å². The van der Waals surface area contributed by atoms with E-state index in [4.69, 9.17) is 4.74 Å². The fourth-order valence-electron chi connectivity index (χ4n) is 2.57. The third kappa shape index (κ3) is 2.27. The van der Waals surface area contributed by atoms with Crippen LogP contribution in [0.2, 0.25) is 0 Å². The molecule has 3 rings (SSSR count). The first-order valence-electron chi connectivity index (χ1n) is 6.75. The van der Waals surface area contributed by atoms with Crippen LogP contribution < -0.4 is 4.74 Å². The second-order valence-electron chi connectivity index (χ2n) is 5.11. The lowest BCUT2D eigenvalue weighted by atomic mass is 9.96. The fraction of sp³-hybridized carbons (Fsp3) is 0.235. The molecular weight excluding hydrogens is 252 g/mol. The highest BCUT2D eigenvalue weighted by Crippen LogP contribution is 2.30. The lowest BCUT2D eigenvalue weighted by molar-refractivity contribution is 0.0696. The van der Waals surface area contributed by atoms with Gasteiger partial charge in [0.25, 0.3) is 0 Å². The Kier molecular flexibility index (Phi) is 3.18. The molecule has 1 heterocycles. The van der Waals surface area contributed by atoms with E-state index in [2.05, 4.69) is 6.07 Å². The van der Waals surface area contributed by atoms with Crippen molar-refractivity contribution >= 4 is 5.97 Å². The first kappa shape index (κ1) is 12.7. The van der Waals surface area contributed by atoms with Crippen LogP contribution in [0.3, 0.4) is 0 Å². The number of fused-ring (bicyclic) bond motifs is 1. The predicted octanol–water partition coefficient (Wildman–Crippen LogP) is 3.69. The Labute approximate surface area is 117 Å². The molecule has 0 saturated heterocycles. The van der Waals surface area contributed by atoms with Crippen LogP contribution in [0.1, 0.15) is 27.9 Å². The first-order valence-corrected chi connectivity index (χ1v) is 6.75. The molecule has 0 fully saturated rings. The summed E-state index contributed by atoms with van der Waals surface area (Å²) in [5, 5.41) is 9.21. The number of hydrogen-bond acceptors (Lipinski definition) is 2. The van der Waals surface area contributed by atoms with Crippen LogP contribution in [0.5, 0.6) is 5.75 Å². The fourth-order valence-corrected chi connectivity index (χ4v) is 2.57. The van der Waals surface area contributed by atoms with Gasteiger partial charge in [-0.1, -0.05) is 18.2 Å². The van der Waals surface area contributed by atoms with Crippen LogP contribution in [0, 0.1) is 6.92 Å². The summed E-state index contributed by atoms with van der Waals surface area (Å²) in [6.07, 6.45) is 2.05. The van der Waals surface area contributed by atoms with Gasteiger partial charge < -0.3 is 9.84 Å². The lowest BCUT2D eigenvalue weighted by Crippen LogP contribution is -2.08. The van der Waals surface area contributed by atoms with Crippen molar-refractivity contribution in [2.75, 3.05) is 6.61 Å². The van der Waals surface area contributed by atoms with Crippen LogP contribution in [-0.2, 0) is 6.42 Å². The van der Waals surface area contributed by atoms with Crippen molar-refractivity contribution in [1.29, 1.82) is 0 Å². The summed E-state index contributed by atoms with van der Waals surface area (Å²) in [4.78, 5) is 11.2. The van der Waals surface area contributed by atoms with E-state index in [0.717, 1.165) is 41.9 Å². The Morgan fingerprint density at radius 3 is 2.70 bits per heavy atom. The highest BCUT2D eigenvalue weighted by atomic mass is 16.5. The number of aryl methyl sites for hydroxylation is 2. The molecule has 0 unspecified atom stereocenters. The zero-order chi connectivity index (χ0) is 14.1. The predicted molar refractivity (Wildman–Crippen MR) is 77.4 cm³/mol. The molecule has 3 heteroatoms. The minimum Gasteiger partial charge on any atom is -0.493 e. The van der Waals surface area contributed by atoms with Gasteiger partial charge in [-0.2, -0.15) is 0 Å². The van der Waals surface area contributed by atoms with Crippen molar-refractivity contribution in [3.63, 3.8) is 0 Å². The number of hydrogen-bond donors (Lipinski definition) is 1. The number of rotatable bonds is 2. The van der Waals surface area contributed by atoms with Gasteiger partial charge in [-0.05, 0) is 60.2 Å². The first-order chi connectivity index (χ1) is 9.65. The average molecular weight is 268 g/mol. The van der Waals surface area contributed by atoms with Crippen molar-refractivity contribution in [3.8, 4) is 16.9 Å². The van der Waals surface area contributed by atoms with Crippen LogP contribution in [0.4, 0.5) is 0 Å². The molecule has 0 aromatic heterocycles. The van der Waals surface area contributed by atoms with E-state index in [-0.39, 0.29) is 0 Å². The minimum atomic E-state index is -0.884. The van der Waals surface area contributed by atoms with E-state index in [9.17, 15) is 9.90 Å². The number of carboxylic acid groups (broad SMARTS) is 1. The summed E-state index contributed by atoms with van der Waals surface area (Å²) < 4.78 is 5.60. The molecule has 20 heavy (non-hydrogen) atoms. The molecule has 0 atom stereocenters. The number of carbonyl (C=O) groups is 1. The molecule has 102 valence electrons. The molecule has 0 radical (unpaired) electrons. The maximum atomic E-state index is 11.2. The molecule has 0 amide bonds. The number of aromatic carboxylic acids is 1. The zero-order valence-electron chi connectivity index (χ0n) is 11.3. The van der Waals surface area contributed by atoms with E-state index in [1.165, 1.54) is 5.56 Å². The summed E-state index contributed by atoms with van der Waals surface area (Å²) in [6.45, 7) is 2.59. The van der Waals surface area contributed by atoms with Crippen LogP contribution in [0.25, 0.3) is 11.1 Å². The number of carboxylic acids is 1. The van der Waals surface area contributed by atoms with Gasteiger partial charge in [-0.15, -0.1) is 0 Å². The summed E-state index contributed by atoms with van der Waals surface area (Å²) in [5.74, 6) is 0.0659. The quantitative estimate of drug-likeness (QED) is 0.903. The molecule has 0 spiro atoms. The lowest BCUT2D eigenvalue weighted by Gasteiger charge is -2.18. The topological polar surface area (TPSA) is 46.5 Å². The van der Waals surface area contributed by atoms with Crippen LogP contribution in [0.15, 0.2) is 36.4 Å². The molecule has 1 aliphatic rings. The van der Waals surface area contributed by atoms with Crippen LogP contribution >= 0.6 is 0 Å². The molecule has 0 saturated carbocycles. The smallest absolute Gasteiger partial charge is 0.335 e. The van der Waals surface area contributed by atoms with Crippen molar-refractivity contribution in [2.45, 2.75) is 19.8 Å². The Morgan fingerprint density at radius 2 is 1.90 bits per heavy atom. The summed E-state index contributed by atoms with van der Waals surface area (Å²) in [6, 6.07) is 11.6. The Balaban J connectivity index is 2.05. The van der Waals surface area contributed by atoms with E-state index in [1.807, 2.05) is 31.2 Å². The van der Waals surface area contributed by atoms with Crippen LogP contribution in [-0.4, -0.2) is 17.7 Å². The van der Waals surface area contributed by atoms with Gasteiger partial charge in [-0.3, -0.25) is 0 Å². The summed E-state index contributed by atoms with van der Waals surface area (Å²) in [7, 11) is 0. The zero-order valence-corrected chi connectivity index (χ0v) is 11.3. The largest absolute Gasteiger partial charge is 0.493 e. The van der Waals surface area contributed by atoms with Gasteiger partial charge in [0.2, 0.25) is 0 Å². The summed E-state index contributed by atoms with van der Waals surface area (Å²) in [5.41, 5.74) is 4.31. The SMILES string of the molecule is Cc1ccc(-c2ccc3c(c2)CCCO3)cc1C(=O)O. The number of ether oxygens (including phenoxy) is 1. The van der Waals surface area contributed by atoms with Crippen molar-refractivity contribution in [3.05, 3.63) is 53.1 Å². The number of benzene rings is 2. The van der Waals surface area contributed by atoms with E-state index < -0.39 is 5.97 Å². The normalized spacial score (nSPS) is 13.4. The van der Waals surface area contributed by atoms with Crippen molar-refractivity contribution in [2.24, 2.45) is 0 Å². The van der Waals surface area contributed by atoms with E-state index in [0.29, 0.717) is 5.56 Å². The van der Waals surface area contributed by atoms with Crippen molar-refractivity contribution < 1.29 is 14.6 Å². The molecule has 1 N–H and O–H groups in total. The molecule has 0 aliphatic carbocycles. The van der Waals surface area contributed by atoms with Gasteiger partial charge in [-0.25, -0.2) is 4.79 Å². The second kappa shape index (κ2) is 5.00. The second-order valence-corrected chi connectivity index (χ2v) is 5.11. The molecule has 2 aromatic rings. The molecule has 2 aromatic carbocycles. The van der Waals surface area contributed by atoms with E-state index >= 15 is 0 Å². The monoisotopic (exact) mass is 268 g/mol. The maximum absolute atomic E-state index is 11.2. The molecule has 1 aliphatic heterocycles. The van der Waals surface area contributed by atoms with E-state index in [1.54, 1.807) is 6.07 Å². The molecule has 3 nitrogen and oxygen atoms in total. The average Bonchev–Trinajstić information content (AvgIpc) is 2.47.